The smallest absolute Gasteiger partial charge is 0.208 e. The molecule has 0 unspecified atom stereocenters. The van der Waals surface area contributed by atoms with Gasteiger partial charge in [-0.1, -0.05) is 11.6 Å². The highest BCUT2D eigenvalue weighted by molar-refractivity contribution is 7.88. The van der Waals surface area contributed by atoms with Gasteiger partial charge in [-0.2, -0.15) is 0 Å². The molecule has 1 fully saturated rings. The average Bonchev–Trinajstić information content (AvgIpc) is 2.28. The minimum absolute atomic E-state index is 0.0957. The molecule has 0 radical (unpaired) electrons. The molecule has 106 valence electrons. The Kier molecular flexibility index (Phi) is 4.27. The van der Waals surface area contributed by atoms with Gasteiger partial charge in [-0.25, -0.2) is 22.5 Å². The summed E-state index contributed by atoms with van der Waals surface area (Å²) < 4.78 is 38.5. The molecule has 2 rings (SSSR count). The van der Waals surface area contributed by atoms with E-state index >= 15 is 0 Å². The van der Waals surface area contributed by atoms with Gasteiger partial charge < -0.3 is 4.90 Å². The van der Waals surface area contributed by atoms with Gasteiger partial charge in [0.15, 0.2) is 11.6 Å². The van der Waals surface area contributed by atoms with Gasteiger partial charge in [0, 0.05) is 25.3 Å². The van der Waals surface area contributed by atoms with Crippen molar-refractivity contribution < 1.29 is 12.8 Å². The molecule has 1 aliphatic rings. The summed E-state index contributed by atoms with van der Waals surface area (Å²) in [7, 11) is -3.20. The van der Waals surface area contributed by atoms with Gasteiger partial charge >= 0.3 is 0 Å². The Balaban J connectivity index is 2.00. The first kappa shape index (κ1) is 14.5. The Bertz CT molecular complexity index is 559. The van der Waals surface area contributed by atoms with Crippen LogP contribution in [0.1, 0.15) is 12.8 Å². The summed E-state index contributed by atoms with van der Waals surface area (Å²) in [5, 5.41) is 0.259. The van der Waals surface area contributed by atoms with Crippen molar-refractivity contribution in [2.24, 2.45) is 0 Å². The molecule has 1 N–H and O–H groups in total. The zero-order valence-corrected chi connectivity index (χ0v) is 12.0. The predicted molar refractivity (Wildman–Crippen MR) is 72.4 cm³/mol. The van der Waals surface area contributed by atoms with E-state index in [0.29, 0.717) is 25.9 Å². The van der Waals surface area contributed by atoms with Crippen LogP contribution in [0, 0.1) is 5.82 Å². The van der Waals surface area contributed by atoms with Crippen molar-refractivity contribution in [1.29, 1.82) is 0 Å². The van der Waals surface area contributed by atoms with Gasteiger partial charge in [-0.3, -0.25) is 0 Å². The number of aromatic nitrogens is 1. The maximum atomic E-state index is 13.7. The molecule has 1 aromatic rings. The lowest BCUT2D eigenvalue weighted by molar-refractivity contribution is 0.455. The normalized spacial score (nSPS) is 17.7. The van der Waals surface area contributed by atoms with Crippen molar-refractivity contribution in [3.63, 3.8) is 0 Å². The maximum Gasteiger partial charge on any atom is 0.208 e. The highest BCUT2D eigenvalue weighted by atomic mass is 35.5. The van der Waals surface area contributed by atoms with Crippen LogP contribution in [0.3, 0.4) is 0 Å². The van der Waals surface area contributed by atoms with Crippen molar-refractivity contribution in [3.8, 4) is 0 Å². The van der Waals surface area contributed by atoms with E-state index in [1.165, 1.54) is 12.3 Å². The molecule has 1 aliphatic heterocycles. The zero-order valence-electron chi connectivity index (χ0n) is 10.4. The first-order valence-corrected chi connectivity index (χ1v) is 8.15. The first-order chi connectivity index (χ1) is 8.85. The van der Waals surface area contributed by atoms with Gasteiger partial charge in [-0.05, 0) is 18.9 Å². The summed E-state index contributed by atoms with van der Waals surface area (Å²) in [4.78, 5) is 5.78. The number of nitrogens with one attached hydrogen (secondary N) is 1. The Hall–Kier alpha value is -0.920. The van der Waals surface area contributed by atoms with Gasteiger partial charge in [-0.15, -0.1) is 0 Å². The third-order valence-corrected chi connectivity index (χ3v) is 3.93. The van der Waals surface area contributed by atoms with Crippen LogP contribution in [0.5, 0.6) is 0 Å². The maximum absolute atomic E-state index is 13.7. The number of piperidine rings is 1. The molecule has 2 heterocycles. The van der Waals surface area contributed by atoms with E-state index in [9.17, 15) is 12.8 Å². The van der Waals surface area contributed by atoms with Gasteiger partial charge in [0.05, 0.1) is 11.3 Å². The van der Waals surface area contributed by atoms with E-state index in [0.717, 1.165) is 6.26 Å². The highest BCUT2D eigenvalue weighted by Crippen LogP contribution is 2.23. The Labute approximate surface area is 116 Å². The summed E-state index contributed by atoms with van der Waals surface area (Å²) in [6.07, 6.45) is 3.79. The number of nitrogens with zero attached hydrogens (tertiary/aromatic N) is 2. The van der Waals surface area contributed by atoms with Crippen LogP contribution >= 0.6 is 11.6 Å². The molecule has 1 aromatic heterocycles. The van der Waals surface area contributed by atoms with Crippen LogP contribution in [-0.2, 0) is 10.0 Å². The van der Waals surface area contributed by atoms with Crippen molar-refractivity contribution in [3.05, 3.63) is 23.1 Å². The minimum Gasteiger partial charge on any atom is -0.354 e. The third kappa shape index (κ3) is 4.02. The Morgan fingerprint density at radius 1 is 1.47 bits per heavy atom. The summed E-state index contributed by atoms with van der Waals surface area (Å²) in [5.74, 6) is -0.191. The van der Waals surface area contributed by atoms with Crippen LogP contribution in [0.25, 0.3) is 0 Å². The number of hydrogen-bond donors (Lipinski definition) is 1. The Morgan fingerprint density at radius 3 is 2.63 bits per heavy atom. The first-order valence-electron chi connectivity index (χ1n) is 5.88. The number of pyridine rings is 1. The van der Waals surface area contributed by atoms with E-state index in [1.54, 1.807) is 4.90 Å². The fraction of sp³-hybridized carbons (Fsp3) is 0.545. The monoisotopic (exact) mass is 307 g/mol. The lowest BCUT2D eigenvalue weighted by Gasteiger charge is -2.32. The molecule has 0 aliphatic carbocycles. The zero-order chi connectivity index (χ0) is 14.0. The minimum atomic E-state index is -3.20. The quantitative estimate of drug-likeness (QED) is 0.917. The molecule has 0 atom stereocenters. The van der Waals surface area contributed by atoms with E-state index < -0.39 is 15.8 Å². The standard InChI is InChI=1S/C11H15ClFN3O2S/c1-19(17,18)15-9-2-4-16(5-3-9)11-10(13)6-8(12)7-14-11/h6-7,9,15H,2-5H2,1H3. The molecule has 19 heavy (non-hydrogen) atoms. The molecule has 5 nitrogen and oxygen atoms in total. The summed E-state index contributed by atoms with van der Waals surface area (Å²) in [6, 6.07) is 1.13. The van der Waals surface area contributed by atoms with Crippen molar-refractivity contribution in [2.75, 3.05) is 24.2 Å². The highest BCUT2D eigenvalue weighted by Gasteiger charge is 2.24. The van der Waals surface area contributed by atoms with Gasteiger partial charge in [0.1, 0.15) is 0 Å². The fourth-order valence-corrected chi connectivity index (χ4v) is 3.14. The topological polar surface area (TPSA) is 62.3 Å². The lowest BCUT2D eigenvalue weighted by atomic mass is 10.1. The van der Waals surface area contributed by atoms with Crippen LogP contribution < -0.4 is 9.62 Å². The van der Waals surface area contributed by atoms with E-state index in [-0.39, 0.29) is 16.9 Å². The number of rotatable bonds is 3. The second kappa shape index (κ2) is 5.60. The molecular formula is C11H15ClFN3O2S. The second-order valence-electron chi connectivity index (χ2n) is 4.61. The summed E-state index contributed by atoms with van der Waals surface area (Å²) in [6.45, 7) is 1.11. The number of anilines is 1. The molecule has 1 saturated heterocycles. The molecule has 0 amide bonds. The summed E-state index contributed by atoms with van der Waals surface area (Å²) in [5.41, 5.74) is 0. The number of sulfonamides is 1. The fourth-order valence-electron chi connectivity index (χ4n) is 2.15. The molecule has 0 saturated carbocycles. The van der Waals surface area contributed by atoms with Crippen molar-refractivity contribution >= 4 is 27.4 Å². The average molecular weight is 308 g/mol. The van der Waals surface area contributed by atoms with Gasteiger partial charge in [0.25, 0.3) is 0 Å². The van der Waals surface area contributed by atoms with E-state index in [4.69, 9.17) is 11.6 Å². The van der Waals surface area contributed by atoms with Crippen LogP contribution in [-0.4, -0.2) is 38.8 Å². The van der Waals surface area contributed by atoms with Crippen molar-refractivity contribution in [1.82, 2.24) is 9.71 Å². The van der Waals surface area contributed by atoms with Crippen LogP contribution in [0.4, 0.5) is 10.2 Å². The lowest BCUT2D eigenvalue weighted by Crippen LogP contribution is -2.44. The second-order valence-corrected chi connectivity index (χ2v) is 6.83. The van der Waals surface area contributed by atoms with E-state index in [2.05, 4.69) is 9.71 Å². The SMILES string of the molecule is CS(=O)(=O)NC1CCN(c2ncc(Cl)cc2F)CC1. The molecule has 8 heteroatoms. The Morgan fingerprint density at radius 2 is 2.11 bits per heavy atom. The third-order valence-electron chi connectivity index (χ3n) is 2.96. The number of hydrogen-bond acceptors (Lipinski definition) is 4. The number of halogens is 2. The van der Waals surface area contributed by atoms with E-state index in [1.807, 2.05) is 0 Å². The van der Waals surface area contributed by atoms with Crippen LogP contribution in [0.2, 0.25) is 5.02 Å². The summed E-state index contributed by atoms with van der Waals surface area (Å²) >= 11 is 5.65. The predicted octanol–water partition coefficient (Wildman–Crippen LogP) is 1.39. The molecule has 0 aromatic carbocycles. The van der Waals surface area contributed by atoms with Crippen LogP contribution in [0.15, 0.2) is 12.3 Å². The van der Waals surface area contributed by atoms with Gasteiger partial charge in [0.2, 0.25) is 10.0 Å². The van der Waals surface area contributed by atoms with Crippen molar-refractivity contribution in [2.45, 2.75) is 18.9 Å². The molecular weight excluding hydrogens is 293 g/mol. The molecule has 0 bridgehead atoms. The molecule has 0 spiro atoms. The largest absolute Gasteiger partial charge is 0.354 e.